The summed E-state index contributed by atoms with van der Waals surface area (Å²) in [5.74, 6) is 0.554. The number of nitrogens with zero attached hydrogens (tertiary/aromatic N) is 3. The van der Waals surface area contributed by atoms with Crippen molar-refractivity contribution in [3.63, 3.8) is 0 Å². The summed E-state index contributed by atoms with van der Waals surface area (Å²) < 4.78 is 7.18. The molecule has 0 bridgehead atoms. The quantitative estimate of drug-likeness (QED) is 0.758. The summed E-state index contributed by atoms with van der Waals surface area (Å²) in [6.45, 7) is 3.12. The highest BCUT2D eigenvalue weighted by Crippen LogP contribution is 2.17. The highest BCUT2D eigenvalue weighted by atomic mass is 32.2. The Hall–Kier alpha value is -1.87. The van der Waals surface area contributed by atoms with Crippen LogP contribution in [0.1, 0.15) is 18.5 Å². The van der Waals surface area contributed by atoms with Gasteiger partial charge < -0.3 is 10.1 Å². The molecule has 2 N–H and O–H groups in total. The molecule has 0 spiro atoms. The van der Waals surface area contributed by atoms with E-state index in [1.165, 1.54) is 17.8 Å². The number of thioether (sulfide) groups is 1. The molecular formula is C13H17N5O3S. The Balaban J connectivity index is 1.59. The molecule has 9 heteroatoms. The Labute approximate surface area is 130 Å². The molecule has 118 valence electrons. The average Bonchev–Trinajstić information content (AvgIpc) is 3.12. The van der Waals surface area contributed by atoms with Crippen molar-refractivity contribution in [2.75, 3.05) is 18.9 Å². The molecule has 1 fully saturated rings. The van der Waals surface area contributed by atoms with Crippen LogP contribution < -0.4 is 10.9 Å². The van der Waals surface area contributed by atoms with Crippen molar-refractivity contribution < 1.29 is 9.53 Å². The molecule has 1 aliphatic rings. The van der Waals surface area contributed by atoms with Crippen LogP contribution in [0.5, 0.6) is 0 Å². The van der Waals surface area contributed by atoms with Crippen LogP contribution >= 0.6 is 11.8 Å². The molecule has 3 rings (SSSR count). The molecule has 0 saturated carbocycles. The minimum atomic E-state index is -0.219. The van der Waals surface area contributed by atoms with Crippen LogP contribution in [0.4, 0.5) is 0 Å². The lowest BCUT2D eigenvalue weighted by Crippen LogP contribution is -2.32. The number of H-pyrrole nitrogens is 1. The number of aromatic nitrogens is 4. The number of nitrogens with one attached hydrogen (secondary N) is 2. The summed E-state index contributed by atoms with van der Waals surface area (Å²) in [4.78, 5) is 25.8. The molecule has 1 saturated heterocycles. The Morgan fingerprint density at radius 2 is 2.45 bits per heavy atom. The lowest BCUT2D eigenvalue weighted by molar-refractivity contribution is -0.119. The molecule has 1 aliphatic heterocycles. The van der Waals surface area contributed by atoms with Gasteiger partial charge in [0.25, 0.3) is 5.56 Å². The number of carbonyl (C=O) groups is 1. The van der Waals surface area contributed by atoms with Crippen molar-refractivity contribution in [3.05, 3.63) is 22.1 Å². The zero-order valence-electron chi connectivity index (χ0n) is 12.2. The SMILES string of the molecule is Cc1cc(=O)[nH]c2nnc(SCC(=O)NC[C@@H]3CCCO3)n12. The van der Waals surface area contributed by atoms with Gasteiger partial charge in [-0.1, -0.05) is 11.8 Å². The van der Waals surface area contributed by atoms with Crippen molar-refractivity contribution >= 4 is 23.4 Å². The van der Waals surface area contributed by atoms with E-state index >= 15 is 0 Å². The van der Waals surface area contributed by atoms with Gasteiger partial charge in [0.05, 0.1) is 11.9 Å². The molecular weight excluding hydrogens is 306 g/mol. The van der Waals surface area contributed by atoms with E-state index in [4.69, 9.17) is 4.74 Å². The third kappa shape index (κ3) is 3.30. The molecule has 0 aliphatic carbocycles. The van der Waals surface area contributed by atoms with E-state index in [9.17, 15) is 9.59 Å². The third-order valence-corrected chi connectivity index (χ3v) is 4.37. The Morgan fingerprint density at radius 3 is 3.23 bits per heavy atom. The van der Waals surface area contributed by atoms with Crippen LogP contribution in [0, 0.1) is 6.92 Å². The van der Waals surface area contributed by atoms with Gasteiger partial charge in [0.1, 0.15) is 0 Å². The van der Waals surface area contributed by atoms with E-state index < -0.39 is 0 Å². The molecule has 1 amide bonds. The highest BCUT2D eigenvalue weighted by Gasteiger charge is 2.17. The number of ether oxygens (including phenoxy) is 1. The largest absolute Gasteiger partial charge is 0.376 e. The van der Waals surface area contributed by atoms with Crippen LogP contribution in [0.2, 0.25) is 0 Å². The van der Waals surface area contributed by atoms with Gasteiger partial charge >= 0.3 is 0 Å². The third-order valence-electron chi connectivity index (χ3n) is 3.44. The minimum Gasteiger partial charge on any atom is -0.376 e. The second kappa shape index (κ2) is 6.49. The number of aryl methyl sites for hydroxylation is 1. The van der Waals surface area contributed by atoms with Gasteiger partial charge in [-0.3, -0.25) is 19.0 Å². The first-order chi connectivity index (χ1) is 10.6. The van der Waals surface area contributed by atoms with Gasteiger partial charge in [-0.15, -0.1) is 10.2 Å². The number of carbonyl (C=O) groups excluding carboxylic acids is 1. The number of rotatable bonds is 5. The average molecular weight is 323 g/mol. The Bertz CT molecular complexity index is 735. The van der Waals surface area contributed by atoms with Gasteiger partial charge in [-0.05, 0) is 19.8 Å². The second-order valence-corrected chi connectivity index (χ2v) is 6.09. The summed E-state index contributed by atoms with van der Waals surface area (Å²) in [7, 11) is 0. The number of fused-ring (bicyclic) bond motifs is 1. The summed E-state index contributed by atoms with van der Waals surface area (Å²) in [6, 6.07) is 1.47. The van der Waals surface area contributed by atoms with Crippen LogP contribution in [0.25, 0.3) is 5.78 Å². The van der Waals surface area contributed by atoms with Crippen molar-refractivity contribution in [1.29, 1.82) is 0 Å². The molecule has 2 aromatic rings. The van der Waals surface area contributed by atoms with Crippen molar-refractivity contribution in [1.82, 2.24) is 24.9 Å². The van der Waals surface area contributed by atoms with Gasteiger partial charge in [0.2, 0.25) is 11.7 Å². The number of aromatic amines is 1. The zero-order chi connectivity index (χ0) is 15.5. The van der Waals surface area contributed by atoms with Crippen molar-refractivity contribution in [3.8, 4) is 0 Å². The molecule has 0 radical (unpaired) electrons. The van der Waals surface area contributed by atoms with Gasteiger partial charge in [0, 0.05) is 24.9 Å². The van der Waals surface area contributed by atoms with E-state index in [-0.39, 0.29) is 23.3 Å². The summed E-state index contributed by atoms with van der Waals surface area (Å²) >= 11 is 1.28. The van der Waals surface area contributed by atoms with Crippen LogP contribution in [0.3, 0.4) is 0 Å². The van der Waals surface area contributed by atoms with Crippen LogP contribution in [-0.2, 0) is 9.53 Å². The normalized spacial score (nSPS) is 18.0. The highest BCUT2D eigenvalue weighted by molar-refractivity contribution is 7.99. The first-order valence-corrected chi connectivity index (χ1v) is 8.08. The van der Waals surface area contributed by atoms with Crippen molar-refractivity contribution in [2.24, 2.45) is 0 Å². The molecule has 1 atom stereocenters. The number of hydrogen-bond donors (Lipinski definition) is 2. The predicted octanol–water partition coefficient (Wildman–Crippen LogP) is 0.113. The molecule has 3 heterocycles. The minimum absolute atomic E-state index is 0.0701. The summed E-state index contributed by atoms with van der Waals surface area (Å²) in [5.41, 5.74) is 0.509. The van der Waals surface area contributed by atoms with Gasteiger partial charge in [0.15, 0.2) is 5.16 Å². The fraction of sp³-hybridized carbons (Fsp3) is 0.538. The van der Waals surface area contributed by atoms with Gasteiger partial charge in [-0.25, -0.2) is 0 Å². The van der Waals surface area contributed by atoms with E-state index in [0.29, 0.717) is 17.5 Å². The smallest absolute Gasteiger partial charge is 0.252 e. The topological polar surface area (TPSA) is 101 Å². The first kappa shape index (κ1) is 15.0. The van der Waals surface area contributed by atoms with E-state index in [2.05, 4.69) is 20.5 Å². The molecule has 2 aromatic heterocycles. The lowest BCUT2D eigenvalue weighted by Gasteiger charge is -2.10. The molecule has 22 heavy (non-hydrogen) atoms. The molecule has 0 aromatic carbocycles. The summed E-state index contributed by atoms with van der Waals surface area (Å²) in [6.07, 6.45) is 2.18. The van der Waals surface area contributed by atoms with Gasteiger partial charge in [-0.2, -0.15) is 0 Å². The van der Waals surface area contributed by atoms with Crippen LogP contribution in [0.15, 0.2) is 16.0 Å². The maximum Gasteiger partial charge on any atom is 0.252 e. The molecule has 0 unspecified atom stereocenters. The lowest BCUT2D eigenvalue weighted by atomic mass is 10.2. The Morgan fingerprint density at radius 1 is 1.59 bits per heavy atom. The maximum atomic E-state index is 11.9. The second-order valence-electron chi connectivity index (χ2n) is 5.14. The number of hydrogen-bond acceptors (Lipinski definition) is 6. The monoisotopic (exact) mass is 323 g/mol. The zero-order valence-corrected chi connectivity index (χ0v) is 13.0. The Kier molecular flexibility index (Phi) is 4.44. The predicted molar refractivity (Wildman–Crippen MR) is 81.1 cm³/mol. The summed E-state index contributed by atoms with van der Waals surface area (Å²) in [5, 5.41) is 11.4. The standard InChI is InChI=1S/C13H17N5O3S/c1-8-5-10(19)15-12-16-17-13(18(8)12)22-7-11(20)14-6-9-3-2-4-21-9/h5,9H,2-4,6-7H2,1H3,(H,14,20)(H,15,16,19)/t9-/m0/s1. The van der Waals surface area contributed by atoms with E-state index in [1.807, 2.05) is 0 Å². The maximum absolute atomic E-state index is 11.9. The number of amides is 1. The fourth-order valence-corrected chi connectivity index (χ4v) is 3.20. The van der Waals surface area contributed by atoms with E-state index in [1.54, 1.807) is 11.3 Å². The molecule has 8 nitrogen and oxygen atoms in total. The van der Waals surface area contributed by atoms with Crippen molar-refractivity contribution in [2.45, 2.75) is 31.0 Å². The van der Waals surface area contributed by atoms with Crippen LogP contribution in [-0.4, -0.2) is 50.5 Å². The fourth-order valence-electron chi connectivity index (χ4n) is 2.38. The van der Waals surface area contributed by atoms with E-state index in [0.717, 1.165) is 25.1 Å². The first-order valence-electron chi connectivity index (χ1n) is 7.09.